The molecule has 4 saturated heterocycles. The van der Waals surface area contributed by atoms with E-state index in [1.54, 1.807) is 45.4 Å². The Morgan fingerprint density at radius 2 is 1.04 bits per heavy atom. The third kappa shape index (κ3) is 17.0. The number of halogens is 4. The molecule has 28 heteroatoms. The molecule has 131 heavy (non-hydrogen) atoms. The van der Waals surface area contributed by atoms with Crippen molar-refractivity contribution in [3.8, 4) is 75.0 Å². The third-order valence-corrected chi connectivity index (χ3v) is 27.7. The van der Waals surface area contributed by atoms with Crippen LogP contribution in [-0.2, 0) is 48.9 Å². The van der Waals surface area contributed by atoms with Gasteiger partial charge in [-0.2, -0.15) is 24.4 Å². The van der Waals surface area contributed by atoms with Crippen LogP contribution in [0, 0.1) is 28.6 Å². The van der Waals surface area contributed by atoms with Gasteiger partial charge in [0, 0.05) is 179 Å². The van der Waals surface area contributed by atoms with E-state index in [0.29, 0.717) is 146 Å². The van der Waals surface area contributed by atoms with Crippen LogP contribution in [0.15, 0.2) is 242 Å². The Morgan fingerprint density at radius 1 is 0.527 bits per heavy atom. The maximum atomic E-state index is 13.6. The molecule has 5 aromatic heterocycles. The molecule has 2 N–H and O–H groups in total. The van der Waals surface area contributed by atoms with Gasteiger partial charge in [0.15, 0.2) is 16.8 Å². The Balaban J connectivity index is 0.000000123. The van der Waals surface area contributed by atoms with Gasteiger partial charge in [0.2, 0.25) is 0 Å². The van der Waals surface area contributed by atoms with E-state index < -0.39 is 35.1 Å². The molecule has 0 bridgehead atoms. The molecule has 1 unspecified atom stereocenters. The van der Waals surface area contributed by atoms with E-state index in [2.05, 4.69) is 63.5 Å². The fraction of sp³-hybridized carbons (Fsp3) is 0.291. The highest BCUT2D eigenvalue weighted by Gasteiger charge is 2.51. The lowest BCUT2D eigenvalue weighted by molar-refractivity contribution is -0.0498. The number of likely N-dealkylation sites (tertiary alicyclic amines) is 4. The van der Waals surface area contributed by atoms with Gasteiger partial charge in [0.25, 0.3) is 23.6 Å². The van der Waals surface area contributed by atoms with Crippen molar-refractivity contribution in [3.63, 3.8) is 0 Å². The quantitative estimate of drug-likeness (QED) is 0.109. The lowest BCUT2D eigenvalue weighted by atomic mass is 9.81. The lowest BCUT2D eigenvalue weighted by Crippen LogP contribution is -2.50. The van der Waals surface area contributed by atoms with E-state index >= 15 is 0 Å². The molecule has 23 nitrogen and oxygen atoms in total. The number of piperidine rings is 4. The summed E-state index contributed by atoms with van der Waals surface area (Å²) >= 11 is 14.3. The zero-order chi connectivity index (χ0) is 91.0. The minimum Gasteiger partial charge on any atom is -0.496 e. The minimum absolute atomic E-state index is 0. The third-order valence-electron chi connectivity index (χ3n) is 26.3. The molecule has 0 radical (unpaired) electrons. The summed E-state index contributed by atoms with van der Waals surface area (Å²) in [4.78, 5) is 61.7. The number of methoxy groups -OCH3 is 1. The van der Waals surface area contributed by atoms with Crippen LogP contribution in [-0.4, -0.2) is 143 Å². The number of fused-ring (bicyclic) bond motifs is 16. The zero-order valence-electron chi connectivity index (χ0n) is 72.6. The number of alkyl halides is 2. The molecule has 8 aliphatic heterocycles. The maximum Gasteiger partial charge on any atom is 0.387 e. The molecule has 0 aliphatic carbocycles. The van der Waals surface area contributed by atoms with Gasteiger partial charge in [-0.3, -0.25) is 33.0 Å². The van der Waals surface area contributed by atoms with Crippen molar-refractivity contribution in [1.82, 2.24) is 43.1 Å². The lowest BCUT2D eigenvalue weighted by Gasteiger charge is -2.45. The van der Waals surface area contributed by atoms with Crippen LogP contribution >= 0.6 is 34.5 Å². The summed E-state index contributed by atoms with van der Waals surface area (Å²) in [6.45, 7) is 5.25. The Labute approximate surface area is 772 Å². The number of aliphatic hydroxyl groups is 2. The number of carbonyl (C=O) groups excluding carboxylic acids is 4. The number of thiophene rings is 1. The highest BCUT2D eigenvalue weighted by atomic mass is 35.5. The van der Waals surface area contributed by atoms with Gasteiger partial charge >= 0.3 is 6.61 Å². The average molecular weight is 1820 g/mol. The summed E-state index contributed by atoms with van der Waals surface area (Å²) in [7, 11) is 3.44. The molecule has 13 aromatic rings. The number of hydrogen-bond acceptors (Lipinski definition) is 16. The standard InChI is InChI=1S/C28H24Cl2N2O2S.C26H29N3O3.C25H23N3O4.C24H19F2N3O3.H2/c29-20-6-9-23(19(17-20)5-8-22-3-2-16-35-22)27(33)31-14-11-28(12-15-31)26-4-1-13-32(26)24-10-7-21(30)18-25(24)34-28;1-17(2)24(30)18-8-10-19(11-9-18)25(31)29-14-12-26(13-15-29)21-16-28(3)27-23(21)20-6-4-5-7-22(20)32-26;1-31-23-17(16-29)5-4-6-19(23)24(30)27-13-11-25(12-14-27)22-10-9-18(15-26)28(22)20-7-2-3-8-21(20)32-25;25-23(26)31-18-8-5-16(6-9-18)22(30)28-13-11-24(12-14-28)21-10-7-17(15-27)29(21)19-3-1-2-4-20(19)32-24;/h1-4,6-7,9-10,13,16-18H,5,8,11-12,14-15H2;4-11,16-17,24,30H,12-15H2,1-3H3;2-10,29H,11-14,16H2,1H3;1-10,23H,11-14H2;1H. The zero-order valence-corrected chi connectivity index (χ0v) is 74.9. The molecule has 670 valence electrons. The molecule has 0 saturated carbocycles. The summed E-state index contributed by atoms with van der Waals surface area (Å²) in [5.74, 6) is 3.43. The summed E-state index contributed by atoms with van der Waals surface area (Å²) in [5.41, 5.74) is 12.4. The number of rotatable bonds is 13. The largest absolute Gasteiger partial charge is 0.496 e. The molecule has 8 aliphatic rings. The summed E-state index contributed by atoms with van der Waals surface area (Å²) < 4.78 is 68.6. The van der Waals surface area contributed by atoms with Crippen LogP contribution in [0.25, 0.3) is 28.3 Å². The van der Waals surface area contributed by atoms with E-state index in [-0.39, 0.29) is 43.3 Å². The average Bonchev–Trinajstić information content (AvgIpc) is 1.71. The number of benzene rings is 8. The van der Waals surface area contributed by atoms with E-state index in [9.17, 15) is 48.7 Å². The van der Waals surface area contributed by atoms with Gasteiger partial charge in [-0.1, -0.05) is 104 Å². The van der Waals surface area contributed by atoms with Crippen molar-refractivity contribution < 1.29 is 68.0 Å². The Hall–Kier alpha value is -13.5. The predicted molar refractivity (Wildman–Crippen MR) is 494 cm³/mol. The van der Waals surface area contributed by atoms with Crippen LogP contribution < -0.4 is 28.4 Å². The molecule has 1 atom stereocenters. The van der Waals surface area contributed by atoms with E-state index in [1.165, 1.54) is 36.3 Å². The van der Waals surface area contributed by atoms with Crippen molar-refractivity contribution in [2.75, 3.05) is 59.5 Å². The number of aryl methyl sites for hydroxylation is 3. The van der Waals surface area contributed by atoms with E-state index in [0.717, 1.165) is 111 Å². The molecule has 4 amide bonds. The first kappa shape index (κ1) is 88.2. The van der Waals surface area contributed by atoms with Crippen LogP contribution in [0.4, 0.5) is 8.78 Å². The number of hydrogen-bond donors (Lipinski definition) is 2. The topological polar surface area (TPSA) is 257 Å². The molecule has 8 aromatic carbocycles. The van der Waals surface area contributed by atoms with Crippen LogP contribution in [0.2, 0.25) is 10.0 Å². The van der Waals surface area contributed by atoms with Crippen LogP contribution in [0.5, 0.6) is 34.5 Å². The molecule has 4 spiro atoms. The first-order valence-corrected chi connectivity index (χ1v) is 45.5. The van der Waals surface area contributed by atoms with Crippen molar-refractivity contribution in [3.05, 3.63) is 330 Å². The number of aromatic nitrogens is 5. The summed E-state index contributed by atoms with van der Waals surface area (Å²) in [5, 5.41) is 47.2. The number of amides is 4. The van der Waals surface area contributed by atoms with E-state index in [1.807, 2.05) is 196 Å². The summed E-state index contributed by atoms with van der Waals surface area (Å²) in [6.07, 6.45) is 10.5. The van der Waals surface area contributed by atoms with E-state index in [4.69, 9.17) is 52.0 Å². The van der Waals surface area contributed by atoms with Crippen LogP contribution in [0.1, 0.15) is 170 Å². The summed E-state index contributed by atoms with van der Waals surface area (Å²) in [6, 6.07) is 73.4. The molecule has 13 heterocycles. The number of para-hydroxylation sites is 6. The van der Waals surface area contributed by atoms with Crippen molar-refractivity contribution >= 4 is 58.2 Å². The predicted octanol–water partition coefficient (Wildman–Crippen LogP) is 19.5. The maximum absolute atomic E-state index is 13.6. The van der Waals surface area contributed by atoms with Gasteiger partial charge < -0.3 is 62.8 Å². The highest BCUT2D eigenvalue weighted by molar-refractivity contribution is 7.09. The number of ether oxygens (including phenoxy) is 6. The van der Waals surface area contributed by atoms with Gasteiger partial charge in [0.1, 0.15) is 69.3 Å². The second-order valence-electron chi connectivity index (χ2n) is 34.3. The fourth-order valence-corrected chi connectivity index (χ4v) is 20.6. The molecular weight excluding hydrogens is 1720 g/mol. The second-order valence-corrected chi connectivity index (χ2v) is 36.2. The minimum atomic E-state index is -2.91. The van der Waals surface area contributed by atoms with Crippen molar-refractivity contribution in [1.29, 1.82) is 10.5 Å². The van der Waals surface area contributed by atoms with Crippen molar-refractivity contribution in [2.24, 2.45) is 13.0 Å². The number of aliphatic hydroxyl groups excluding tert-OH is 2. The first-order valence-electron chi connectivity index (χ1n) is 43.9. The van der Waals surface area contributed by atoms with Gasteiger partial charge in [-0.15, -0.1) is 11.3 Å². The second kappa shape index (κ2) is 36.8. The molecule has 21 rings (SSSR count). The Morgan fingerprint density at radius 3 is 1.59 bits per heavy atom. The molecule has 4 fully saturated rings. The van der Waals surface area contributed by atoms with Gasteiger partial charge in [0.05, 0.1) is 59.5 Å². The molecular formula is C103H97Cl2F2N11O12S. The monoisotopic (exact) mass is 1820 g/mol. The van der Waals surface area contributed by atoms with Crippen LogP contribution in [0.3, 0.4) is 0 Å². The van der Waals surface area contributed by atoms with Gasteiger partial charge in [-0.25, -0.2) is 0 Å². The fourth-order valence-electron chi connectivity index (χ4n) is 19.5. The normalized spacial score (nSPS) is 16.4. The Kier molecular flexibility index (Phi) is 24.8. The SMILES string of the molecule is CC(C)C(O)c1ccc(C(=O)N2CCC3(CC2)Oc2ccccc2-c2nn(C)cc23)cc1.COc1c(CO)cccc1C(=O)N1CCC2(CC1)Oc1ccccc1-n1c(C#N)ccc12.N#Cc1ccc2n1-c1ccccc1OC21CCN(C(=O)c2ccc(OC(F)F)cc2)CC1.O=C(c1ccc(Cl)cc1CCc1cccs1)N1CCC2(CC1)Oc1cc(Cl)ccc1-n1cccc12.[HH]. The number of nitrogens with zero attached hydrogens (tertiary/aromatic N) is 11. The highest BCUT2D eigenvalue weighted by Crippen LogP contribution is 2.53. The van der Waals surface area contributed by atoms with Crippen molar-refractivity contribution in [2.45, 2.75) is 120 Å². The first-order chi connectivity index (χ1) is 63.5. The Bertz CT molecular complexity index is 6550. The number of carbonyl (C=O) groups is 4. The van der Waals surface area contributed by atoms with Gasteiger partial charge in [-0.05, 0) is 187 Å². The smallest absolute Gasteiger partial charge is 0.387 e. The number of nitriles is 2.